The zero-order valence-electron chi connectivity index (χ0n) is 28.2. The van der Waals surface area contributed by atoms with Crippen LogP contribution in [0.2, 0.25) is 0 Å². The average Bonchev–Trinajstić information content (AvgIpc) is 3.08. The van der Waals surface area contributed by atoms with Gasteiger partial charge in [-0.05, 0) is 86.5 Å². The number of aliphatic hydroxyl groups is 1. The van der Waals surface area contributed by atoms with Crippen LogP contribution in [0.3, 0.4) is 0 Å². The standard InChI is InChI=1S/C37H56O9/c1-29-27-30(15-16-37(2,3)36(38)31-11-5-4-6-12-31)28-32(41-23-19-39-20-24-44-33-13-7-9-17-42-33)35(29)46-26-22-40-21-25-45-34-14-8-10-18-43-34/h4-6,11-12,27-28,33-34,36,38H,7-10,13-26H2,1-3H3. The molecule has 3 unspecified atom stereocenters. The molecule has 2 heterocycles. The van der Waals surface area contributed by atoms with E-state index in [4.69, 9.17) is 37.9 Å². The topological polar surface area (TPSA) is 94.1 Å². The Hall–Kier alpha value is -2.24. The van der Waals surface area contributed by atoms with Gasteiger partial charge in [0.2, 0.25) is 0 Å². The van der Waals surface area contributed by atoms with Gasteiger partial charge in [-0.3, -0.25) is 0 Å². The first-order valence-corrected chi connectivity index (χ1v) is 17.2. The van der Waals surface area contributed by atoms with E-state index >= 15 is 0 Å². The van der Waals surface area contributed by atoms with Crippen molar-refractivity contribution in [3.8, 4) is 11.5 Å². The third-order valence-corrected chi connectivity index (χ3v) is 8.51. The third-order valence-electron chi connectivity index (χ3n) is 8.51. The SMILES string of the molecule is Cc1cc(CCC(C)(C)C(O)c2ccccc2)cc(OCCOCCOC2CCCCO2)c1OCCOCCOC1CCCCO1. The van der Waals surface area contributed by atoms with Gasteiger partial charge in [0.1, 0.15) is 13.2 Å². The Morgan fingerprint density at radius 2 is 1.35 bits per heavy atom. The van der Waals surface area contributed by atoms with E-state index in [0.717, 1.165) is 81.3 Å². The fourth-order valence-electron chi connectivity index (χ4n) is 5.72. The Labute approximate surface area is 275 Å². The molecule has 1 N–H and O–H groups in total. The van der Waals surface area contributed by atoms with Crippen LogP contribution >= 0.6 is 0 Å². The molecule has 2 aromatic carbocycles. The highest BCUT2D eigenvalue weighted by molar-refractivity contribution is 5.49. The van der Waals surface area contributed by atoms with E-state index in [9.17, 15) is 5.11 Å². The van der Waals surface area contributed by atoms with Crippen molar-refractivity contribution in [2.24, 2.45) is 5.41 Å². The number of aryl methyl sites for hydroxylation is 2. The van der Waals surface area contributed by atoms with Crippen molar-refractivity contribution in [1.29, 1.82) is 0 Å². The highest BCUT2D eigenvalue weighted by Gasteiger charge is 2.29. The maximum absolute atomic E-state index is 11.1. The average molecular weight is 645 g/mol. The van der Waals surface area contributed by atoms with Crippen LogP contribution in [0.4, 0.5) is 0 Å². The Bertz CT molecular complexity index is 1100. The van der Waals surface area contributed by atoms with E-state index in [1.807, 2.05) is 37.3 Å². The Kier molecular flexibility index (Phi) is 16.1. The molecule has 9 nitrogen and oxygen atoms in total. The van der Waals surface area contributed by atoms with Crippen LogP contribution in [0.1, 0.15) is 81.6 Å². The van der Waals surface area contributed by atoms with Gasteiger partial charge in [0.15, 0.2) is 24.1 Å². The van der Waals surface area contributed by atoms with Gasteiger partial charge in [0.05, 0.1) is 45.7 Å². The quantitative estimate of drug-likeness (QED) is 0.152. The van der Waals surface area contributed by atoms with Gasteiger partial charge >= 0.3 is 0 Å². The zero-order chi connectivity index (χ0) is 32.5. The summed E-state index contributed by atoms with van der Waals surface area (Å²) < 4.78 is 46.7. The lowest BCUT2D eigenvalue weighted by molar-refractivity contribution is -0.169. The van der Waals surface area contributed by atoms with E-state index in [-0.39, 0.29) is 18.0 Å². The second kappa shape index (κ2) is 20.2. The molecule has 0 bridgehead atoms. The van der Waals surface area contributed by atoms with Crippen molar-refractivity contribution in [1.82, 2.24) is 0 Å². The molecule has 3 atom stereocenters. The van der Waals surface area contributed by atoms with Crippen molar-refractivity contribution in [2.75, 3.05) is 66.1 Å². The summed E-state index contributed by atoms with van der Waals surface area (Å²) in [5, 5.41) is 11.1. The van der Waals surface area contributed by atoms with Crippen molar-refractivity contribution in [3.05, 3.63) is 59.2 Å². The summed E-state index contributed by atoms with van der Waals surface area (Å²) in [5.41, 5.74) is 2.75. The maximum atomic E-state index is 11.1. The highest BCUT2D eigenvalue weighted by atomic mass is 16.7. The van der Waals surface area contributed by atoms with E-state index < -0.39 is 6.10 Å². The molecule has 0 aromatic heterocycles. The number of rotatable bonds is 21. The lowest BCUT2D eigenvalue weighted by Gasteiger charge is -2.31. The van der Waals surface area contributed by atoms with E-state index in [2.05, 4.69) is 26.0 Å². The summed E-state index contributed by atoms with van der Waals surface area (Å²) in [7, 11) is 0. The van der Waals surface area contributed by atoms with Crippen LogP contribution in [0, 0.1) is 12.3 Å². The molecule has 46 heavy (non-hydrogen) atoms. The number of ether oxygens (including phenoxy) is 8. The Morgan fingerprint density at radius 3 is 1.93 bits per heavy atom. The minimum Gasteiger partial charge on any atom is -0.487 e. The van der Waals surface area contributed by atoms with E-state index in [1.54, 1.807) is 0 Å². The summed E-state index contributed by atoms with van der Waals surface area (Å²) in [4.78, 5) is 0. The molecular formula is C37H56O9. The van der Waals surface area contributed by atoms with Gasteiger partial charge in [-0.1, -0.05) is 50.2 Å². The van der Waals surface area contributed by atoms with Gasteiger partial charge in [-0.2, -0.15) is 0 Å². The van der Waals surface area contributed by atoms with Crippen molar-refractivity contribution < 1.29 is 43.0 Å². The molecule has 2 fully saturated rings. The van der Waals surface area contributed by atoms with E-state index in [0.29, 0.717) is 64.4 Å². The normalized spacial score (nSPS) is 19.6. The molecule has 2 aliphatic rings. The third kappa shape index (κ3) is 12.8. The zero-order valence-corrected chi connectivity index (χ0v) is 28.2. The number of benzene rings is 2. The number of aliphatic hydroxyl groups excluding tert-OH is 1. The first-order valence-electron chi connectivity index (χ1n) is 17.2. The maximum Gasteiger partial charge on any atom is 0.164 e. The Balaban J connectivity index is 1.26. The van der Waals surface area contributed by atoms with Crippen LogP contribution in [0.25, 0.3) is 0 Å². The first kappa shape index (κ1) is 36.6. The van der Waals surface area contributed by atoms with Gasteiger partial charge in [-0.15, -0.1) is 0 Å². The molecule has 9 heteroatoms. The summed E-state index contributed by atoms with van der Waals surface area (Å²) in [5.74, 6) is 1.39. The van der Waals surface area contributed by atoms with Gasteiger partial charge in [0, 0.05) is 13.2 Å². The highest BCUT2D eigenvalue weighted by Crippen LogP contribution is 2.39. The lowest BCUT2D eigenvalue weighted by Crippen LogP contribution is -2.24. The summed E-state index contributed by atoms with van der Waals surface area (Å²) in [6, 6.07) is 14.1. The second-order valence-electron chi connectivity index (χ2n) is 12.8. The van der Waals surface area contributed by atoms with Gasteiger partial charge in [-0.25, -0.2) is 0 Å². The minimum absolute atomic E-state index is 0.107. The molecule has 0 amide bonds. The van der Waals surface area contributed by atoms with Gasteiger partial charge < -0.3 is 43.0 Å². The molecule has 0 spiro atoms. The van der Waals surface area contributed by atoms with Crippen LogP contribution in [0.15, 0.2) is 42.5 Å². The largest absolute Gasteiger partial charge is 0.487 e. The van der Waals surface area contributed by atoms with Crippen LogP contribution < -0.4 is 9.47 Å². The summed E-state index contributed by atoms with van der Waals surface area (Å²) in [6.45, 7) is 11.4. The monoisotopic (exact) mass is 644 g/mol. The molecule has 0 saturated carbocycles. The predicted molar refractivity (Wildman–Crippen MR) is 176 cm³/mol. The molecule has 2 aromatic rings. The van der Waals surface area contributed by atoms with E-state index in [1.165, 1.54) is 0 Å². The number of hydrogen-bond donors (Lipinski definition) is 1. The predicted octanol–water partition coefficient (Wildman–Crippen LogP) is 6.56. The first-order chi connectivity index (χ1) is 22.4. The number of hydrogen-bond acceptors (Lipinski definition) is 9. The molecule has 2 saturated heterocycles. The fourth-order valence-corrected chi connectivity index (χ4v) is 5.72. The molecule has 0 radical (unpaired) electrons. The second-order valence-corrected chi connectivity index (χ2v) is 12.8. The molecule has 2 aliphatic heterocycles. The smallest absolute Gasteiger partial charge is 0.164 e. The van der Waals surface area contributed by atoms with Crippen LogP contribution in [-0.4, -0.2) is 83.8 Å². The summed E-state index contributed by atoms with van der Waals surface area (Å²) in [6.07, 6.45) is 7.20. The van der Waals surface area contributed by atoms with Crippen LogP contribution in [0.5, 0.6) is 11.5 Å². The lowest BCUT2D eigenvalue weighted by atomic mass is 9.78. The van der Waals surface area contributed by atoms with Crippen LogP contribution in [-0.2, 0) is 34.8 Å². The Morgan fingerprint density at radius 1 is 0.761 bits per heavy atom. The molecule has 0 aliphatic carbocycles. The fraction of sp³-hybridized carbons (Fsp3) is 0.676. The van der Waals surface area contributed by atoms with Gasteiger partial charge in [0.25, 0.3) is 0 Å². The minimum atomic E-state index is -0.556. The molecular weight excluding hydrogens is 588 g/mol. The van der Waals surface area contributed by atoms with Crippen molar-refractivity contribution >= 4 is 0 Å². The molecule has 4 rings (SSSR count). The van der Waals surface area contributed by atoms with Crippen molar-refractivity contribution in [2.45, 2.75) is 90.8 Å². The molecule has 258 valence electrons. The summed E-state index contributed by atoms with van der Waals surface area (Å²) >= 11 is 0. The van der Waals surface area contributed by atoms with Crippen molar-refractivity contribution in [3.63, 3.8) is 0 Å².